The molecule has 4 nitrogen and oxygen atoms in total. The highest BCUT2D eigenvalue weighted by molar-refractivity contribution is 5.15. The first-order chi connectivity index (χ1) is 7.79. The summed E-state index contributed by atoms with van der Waals surface area (Å²) in [5.41, 5.74) is 2.56. The fourth-order valence-corrected chi connectivity index (χ4v) is 2.18. The first-order valence-electron chi connectivity index (χ1n) is 6.25. The van der Waals surface area contributed by atoms with E-state index in [9.17, 15) is 0 Å². The van der Waals surface area contributed by atoms with Crippen LogP contribution in [0, 0.1) is 6.92 Å². The summed E-state index contributed by atoms with van der Waals surface area (Å²) < 4.78 is 2.03. The Morgan fingerprint density at radius 3 is 3.00 bits per heavy atom. The van der Waals surface area contributed by atoms with Crippen molar-refractivity contribution in [3.05, 3.63) is 17.5 Å². The molecule has 1 N–H and O–H groups in total. The second-order valence-electron chi connectivity index (χ2n) is 4.48. The molecule has 0 bridgehead atoms. The van der Waals surface area contributed by atoms with Gasteiger partial charge in [0.05, 0.1) is 5.69 Å². The molecule has 0 saturated carbocycles. The third-order valence-electron chi connectivity index (χ3n) is 3.20. The molecule has 0 amide bonds. The van der Waals surface area contributed by atoms with Crippen LogP contribution in [0.4, 0.5) is 0 Å². The van der Waals surface area contributed by atoms with Gasteiger partial charge in [0, 0.05) is 37.9 Å². The van der Waals surface area contributed by atoms with E-state index in [4.69, 9.17) is 0 Å². The Labute approximate surface area is 97.6 Å². The summed E-state index contributed by atoms with van der Waals surface area (Å²) in [5.74, 6) is 0. The van der Waals surface area contributed by atoms with Crippen LogP contribution in [0.2, 0.25) is 0 Å². The van der Waals surface area contributed by atoms with Gasteiger partial charge in [-0.3, -0.25) is 9.58 Å². The minimum atomic E-state index is 0.961. The van der Waals surface area contributed by atoms with Gasteiger partial charge in [0.1, 0.15) is 0 Å². The average Bonchev–Trinajstić information content (AvgIpc) is 2.51. The van der Waals surface area contributed by atoms with E-state index in [1.54, 1.807) is 0 Å². The van der Waals surface area contributed by atoms with Crippen molar-refractivity contribution in [2.24, 2.45) is 0 Å². The number of aryl methyl sites for hydroxylation is 2. The highest BCUT2D eigenvalue weighted by Crippen LogP contribution is 2.10. The van der Waals surface area contributed by atoms with Crippen LogP contribution < -0.4 is 5.32 Å². The molecule has 1 fully saturated rings. The molecule has 2 heterocycles. The Morgan fingerprint density at radius 1 is 1.38 bits per heavy atom. The molecule has 90 valence electrons. The standard InChI is InChI=1S/C12H22N4/c1-3-16-10-12(11(2)14-16)9-15-7-4-5-13-6-8-15/h10,13H,3-9H2,1-2H3. The highest BCUT2D eigenvalue weighted by Gasteiger charge is 2.12. The quantitative estimate of drug-likeness (QED) is 0.828. The van der Waals surface area contributed by atoms with Gasteiger partial charge in [-0.25, -0.2) is 0 Å². The molecule has 4 heteroatoms. The Balaban J connectivity index is 1.98. The number of rotatable bonds is 3. The van der Waals surface area contributed by atoms with Gasteiger partial charge in [-0.05, 0) is 33.4 Å². The third-order valence-corrected chi connectivity index (χ3v) is 3.20. The fraction of sp³-hybridized carbons (Fsp3) is 0.750. The van der Waals surface area contributed by atoms with E-state index in [0.717, 1.165) is 32.7 Å². The summed E-state index contributed by atoms with van der Waals surface area (Å²) >= 11 is 0. The largest absolute Gasteiger partial charge is 0.315 e. The van der Waals surface area contributed by atoms with Gasteiger partial charge in [0.2, 0.25) is 0 Å². The molecule has 1 aliphatic rings. The molecule has 0 spiro atoms. The second kappa shape index (κ2) is 5.46. The summed E-state index contributed by atoms with van der Waals surface area (Å²) in [6, 6.07) is 0. The summed E-state index contributed by atoms with van der Waals surface area (Å²) in [5, 5.41) is 7.92. The van der Waals surface area contributed by atoms with Crippen molar-refractivity contribution in [1.29, 1.82) is 0 Å². The second-order valence-corrected chi connectivity index (χ2v) is 4.48. The third kappa shape index (κ3) is 2.83. The summed E-state index contributed by atoms with van der Waals surface area (Å²) in [4.78, 5) is 2.52. The maximum absolute atomic E-state index is 4.49. The number of aromatic nitrogens is 2. The molecule has 0 aliphatic carbocycles. The van der Waals surface area contributed by atoms with Crippen molar-refractivity contribution >= 4 is 0 Å². The van der Waals surface area contributed by atoms with Crippen LogP contribution in [0.1, 0.15) is 24.6 Å². The Bertz CT molecular complexity index is 324. The molecule has 16 heavy (non-hydrogen) atoms. The summed E-state index contributed by atoms with van der Waals surface area (Å²) in [6.45, 7) is 10.9. The maximum Gasteiger partial charge on any atom is 0.0638 e. The predicted octanol–water partition coefficient (Wildman–Crippen LogP) is 1.01. The Morgan fingerprint density at radius 2 is 2.25 bits per heavy atom. The van der Waals surface area contributed by atoms with Gasteiger partial charge < -0.3 is 5.32 Å². The Kier molecular flexibility index (Phi) is 3.96. The monoisotopic (exact) mass is 222 g/mol. The average molecular weight is 222 g/mol. The SMILES string of the molecule is CCn1cc(CN2CCCNCC2)c(C)n1. The lowest BCUT2D eigenvalue weighted by Gasteiger charge is -2.18. The van der Waals surface area contributed by atoms with Gasteiger partial charge in [-0.2, -0.15) is 5.10 Å². The van der Waals surface area contributed by atoms with E-state index in [-0.39, 0.29) is 0 Å². The molecule has 0 aromatic carbocycles. The number of nitrogens with zero attached hydrogens (tertiary/aromatic N) is 3. The number of hydrogen-bond donors (Lipinski definition) is 1. The zero-order valence-corrected chi connectivity index (χ0v) is 10.4. The van der Waals surface area contributed by atoms with Crippen molar-refractivity contribution in [1.82, 2.24) is 20.0 Å². The summed E-state index contributed by atoms with van der Waals surface area (Å²) in [6.07, 6.45) is 3.44. The van der Waals surface area contributed by atoms with E-state index >= 15 is 0 Å². The normalized spacial score (nSPS) is 18.6. The van der Waals surface area contributed by atoms with Crippen molar-refractivity contribution in [2.75, 3.05) is 26.2 Å². The molecule has 1 aromatic rings. The zero-order valence-electron chi connectivity index (χ0n) is 10.4. The molecule has 0 atom stereocenters. The van der Waals surface area contributed by atoms with Crippen molar-refractivity contribution in [3.63, 3.8) is 0 Å². The minimum Gasteiger partial charge on any atom is -0.315 e. The highest BCUT2D eigenvalue weighted by atomic mass is 15.3. The topological polar surface area (TPSA) is 33.1 Å². The smallest absolute Gasteiger partial charge is 0.0638 e. The van der Waals surface area contributed by atoms with Crippen LogP contribution in [-0.4, -0.2) is 40.9 Å². The van der Waals surface area contributed by atoms with Crippen molar-refractivity contribution in [3.8, 4) is 0 Å². The van der Waals surface area contributed by atoms with Gasteiger partial charge in [0.25, 0.3) is 0 Å². The van der Waals surface area contributed by atoms with E-state index in [1.165, 1.54) is 24.2 Å². The van der Waals surface area contributed by atoms with Crippen LogP contribution in [0.5, 0.6) is 0 Å². The van der Waals surface area contributed by atoms with Crippen LogP contribution >= 0.6 is 0 Å². The molecule has 0 radical (unpaired) electrons. The molecule has 1 aromatic heterocycles. The maximum atomic E-state index is 4.49. The minimum absolute atomic E-state index is 0.961. The van der Waals surface area contributed by atoms with E-state index < -0.39 is 0 Å². The van der Waals surface area contributed by atoms with E-state index in [2.05, 4.69) is 35.4 Å². The molecular weight excluding hydrogens is 200 g/mol. The lowest BCUT2D eigenvalue weighted by Crippen LogP contribution is -2.27. The molecule has 2 rings (SSSR count). The Hall–Kier alpha value is -0.870. The summed E-state index contributed by atoms with van der Waals surface area (Å²) in [7, 11) is 0. The van der Waals surface area contributed by atoms with Crippen molar-refractivity contribution in [2.45, 2.75) is 33.4 Å². The first kappa shape index (κ1) is 11.6. The zero-order chi connectivity index (χ0) is 11.4. The molecule has 1 saturated heterocycles. The lowest BCUT2D eigenvalue weighted by atomic mass is 10.2. The number of nitrogens with one attached hydrogen (secondary N) is 1. The van der Waals surface area contributed by atoms with Crippen LogP contribution in [0.15, 0.2) is 6.20 Å². The van der Waals surface area contributed by atoms with Crippen LogP contribution in [-0.2, 0) is 13.1 Å². The lowest BCUT2D eigenvalue weighted by molar-refractivity contribution is 0.284. The van der Waals surface area contributed by atoms with Crippen LogP contribution in [0.25, 0.3) is 0 Å². The number of hydrogen-bond acceptors (Lipinski definition) is 3. The van der Waals surface area contributed by atoms with Crippen LogP contribution in [0.3, 0.4) is 0 Å². The molecule has 1 aliphatic heterocycles. The van der Waals surface area contributed by atoms with Crippen molar-refractivity contribution < 1.29 is 0 Å². The van der Waals surface area contributed by atoms with Gasteiger partial charge >= 0.3 is 0 Å². The fourth-order valence-electron chi connectivity index (χ4n) is 2.18. The van der Waals surface area contributed by atoms with E-state index in [0.29, 0.717) is 0 Å². The molecular formula is C12H22N4. The van der Waals surface area contributed by atoms with Gasteiger partial charge in [0.15, 0.2) is 0 Å². The molecule has 0 unspecified atom stereocenters. The van der Waals surface area contributed by atoms with Gasteiger partial charge in [-0.15, -0.1) is 0 Å². The van der Waals surface area contributed by atoms with E-state index in [1.807, 2.05) is 4.68 Å². The van der Waals surface area contributed by atoms with Gasteiger partial charge in [-0.1, -0.05) is 0 Å². The predicted molar refractivity (Wildman–Crippen MR) is 65.4 cm³/mol. The first-order valence-corrected chi connectivity index (χ1v) is 6.25.